The minimum atomic E-state index is 1.12. The van der Waals surface area contributed by atoms with Gasteiger partial charge in [0.2, 0.25) is 0 Å². The van der Waals surface area contributed by atoms with Gasteiger partial charge < -0.3 is 9.47 Å². The number of anilines is 3. The van der Waals surface area contributed by atoms with Crippen molar-refractivity contribution in [2.75, 3.05) is 4.90 Å². The van der Waals surface area contributed by atoms with E-state index in [4.69, 9.17) is 0 Å². The van der Waals surface area contributed by atoms with Crippen LogP contribution in [0.1, 0.15) is 0 Å². The maximum atomic E-state index is 2.41. The van der Waals surface area contributed by atoms with Crippen molar-refractivity contribution in [3.63, 3.8) is 0 Å². The molecule has 0 N–H and O–H groups in total. The molecule has 0 unspecified atom stereocenters. The lowest BCUT2D eigenvalue weighted by Crippen LogP contribution is -2.09. The molecule has 9 aromatic carbocycles. The number of hydrogen-bond acceptors (Lipinski definition) is 1. The van der Waals surface area contributed by atoms with Gasteiger partial charge in [0, 0.05) is 33.4 Å². The van der Waals surface area contributed by atoms with Gasteiger partial charge in [-0.05, 0) is 92.8 Å². The second-order valence-electron chi connectivity index (χ2n) is 13.4. The SMILES string of the molecule is c1ccc(N(c2ccc(-c3ccc(-c4ccccc4-n4c5ccccc5c5ccccc54)cc3)cc2)c2ccc3c(ccc4ccccc43)c2)cc1. The predicted molar refractivity (Wildman–Crippen MR) is 221 cm³/mol. The third kappa shape index (κ3) is 5.04. The van der Waals surface area contributed by atoms with E-state index in [0.717, 1.165) is 17.1 Å². The fourth-order valence-electron chi connectivity index (χ4n) is 7.90. The smallest absolute Gasteiger partial charge is 0.0541 e. The van der Waals surface area contributed by atoms with E-state index >= 15 is 0 Å². The summed E-state index contributed by atoms with van der Waals surface area (Å²) in [5.41, 5.74) is 11.8. The minimum absolute atomic E-state index is 1.12. The van der Waals surface area contributed by atoms with E-state index in [2.05, 4.69) is 216 Å². The first-order chi connectivity index (χ1) is 25.8. The van der Waals surface area contributed by atoms with E-state index in [9.17, 15) is 0 Å². The van der Waals surface area contributed by atoms with Crippen molar-refractivity contribution in [1.29, 1.82) is 0 Å². The number of para-hydroxylation sites is 4. The molecular weight excluding hydrogens is 629 g/mol. The van der Waals surface area contributed by atoms with Gasteiger partial charge in [-0.1, -0.05) is 152 Å². The summed E-state index contributed by atoms with van der Waals surface area (Å²) in [6.07, 6.45) is 0. The Balaban J connectivity index is 0.999. The van der Waals surface area contributed by atoms with Gasteiger partial charge >= 0.3 is 0 Å². The second-order valence-corrected chi connectivity index (χ2v) is 13.4. The van der Waals surface area contributed by atoms with Gasteiger partial charge in [-0.3, -0.25) is 0 Å². The summed E-state index contributed by atoms with van der Waals surface area (Å²) in [6.45, 7) is 0. The molecule has 2 nitrogen and oxygen atoms in total. The Kier molecular flexibility index (Phi) is 7.18. The molecule has 0 spiro atoms. The van der Waals surface area contributed by atoms with Gasteiger partial charge in [-0.25, -0.2) is 0 Å². The van der Waals surface area contributed by atoms with Gasteiger partial charge in [-0.15, -0.1) is 0 Å². The fourth-order valence-corrected chi connectivity index (χ4v) is 7.90. The van der Waals surface area contributed by atoms with Gasteiger partial charge in [0.05, 0.1) is 16.7 Å². The van der Waals surface area contributed by atoms with Gasteiger partial charge in [0.1, 0.15) is 0 Å². The Hall–Kier alpha value is -6.90. The van der Waals surface area contributed by atoms with Crippen molar-refractivity contribution in [2.45, 2.75) is 0 Å². The molecule has 0 aliphatic heterocycles. The van der Waals surface area contributed by atoms with Crippen LogP contribution >= 0.6 is 0 Å². The molecular formula is C50H34N2. The van der Waals surface area contributed by atoms with Crippen LogP contribution in [0.25, 0.3) is 71.3 Å². The molecule has 52 heavy (non-hydrogen) atoms. The van der Waals surface area contributed by atoms with Gasteiger partial charge in [-0.2, -0.15) is 0 Å². The van der Waals surface area contributed by atoms with Crippen LogP contribution in [0.5, 0.6) is 0 Å². The maximum Gasteiger partial charge on any atom is 0.0541 e. The van der Waals surface area contributed by atoms with E-state index in [1.54, 1.807) is 0 Å². The van der Waals surface area contributed by atoms with Crippen molar-refractivity contribution >= 4 is 60.4 Å². The molecule has 10 rings (SSSR count). The number of fused-ring (bicyclic) bond motifs is 6. The number of aromatic nitrogens is 1. The summed E-state index contributed by atoms with van der Waals surface area (Å²) in [7, 11) is 0. The molecule has 0 aliphatic rings. The second kappa shape index (κ2) is 12.5. The van der Waals surface area contributed by atoms with E-state index in [1.807, 2.05) is 0 Å². The third-order valence-electron chi connectivity index (χ3n) is 10.4. The molecule has 0 aliphatic carbocycles. The minimum Gasteiger partial charge on any atom is -0.310 e. The molecule has 0 atom stereocenters. The first-order valence-corrected chi connectivity index (χ1v) is 17.9. The lowest BCUT2D eigenvalue weighted by Gasteiger charge is -2.26. The summed E-state index contributed by atoms with van der Waals surface area (Å²) < 4.78 is 2.41. The first kappa shape index (κ1) is 30.0. The number of benzene rings is 9. The topological polar surface area (TPSA) is 8.17 Å². The third-order valence-corrected chi connectivity index (χ3v) is 10.4. The van der Waals surface area contributed by atoms with Crippen LogP contribution < -0.4 is 4.90 Å². The van der Waals surface area contributed by atoms with Gasteiger partial charge in [0.25, 0.3) is 0 Å². The molecule has 0 amide bonds. The summed E-state index contributed by atoms with van der Waals surface area (Å²) in [4.78, 5) is 2.34. The highest BCUT2D eigenvalue weighted by Crippen LogP contribution is 2.39. The van der Waals surface area contributed by atoms with Crippen molar-refractivity contribution < 1.29 is 0 Å². The molecule has 0 radical (unpaired) electrons. The highest BCUT2D eigenvalue weighted by molar-refractivity contribution is 6.10. The zero-order valence-corrected chi connectivity index (χ0v) is 28.5. The van der Waals surface area contributed by atoms with Crippen molar-refractivity contribution in [3.8, 4) is 27.9 Å². The largest absolute Gasteiger partial charge is 0.310 e. The average Bonchev–Trinajstić information content (AvgIpc) is 3.56. The van der Waals surface area contributed by atoms with E-state index in [-0.39, 0.29) is 0 Å². The highest BCUT2D eigenvalue weighted by Gasteiger charge is 2.16. The Morgan fingerprint density at radius 3 is 1.54 bits per heavy atom. The lowest BCUT2D eigenvalue weighted by molar-refractivity contribution is 1.18. The van der Waals surface area contributed by atoms with Crippen molar-refractivity contribution in [2.24, 2.45) is 0 Å². The van der Waals surface area contributed by atoms with E-state index < -0.39 is 0 Å². The monoisotopic (exact) mass is 662 g/mol. The Bertz CT molecular complexity index is 2830. The number of nitrogens with zero attached hydrogens (tertiary/aromatic N) is 2. The molecule has 1 heterocycles. The van der Waals surface area contributed by atoms with Crippen LogP contribution in [-0.2, 0) is 0 Å². The van der Waals surface area contributed by atoms with E-state index in [0.29, 0.717) is 0 Å². The zero-order valence-electron chi connectivity index (χ0n) is 28.5. The normalized spacial score (nSPS) is 11.5. The standard InChI is InChI=1S/C50H34N2/c1-2-13-40(14-3-1)51(42-32-33-44-39(34-42)27-26-37-12-4-5-15-43(37)44)41-30-28-36(29-31-41)35-22-24-38(25-23-35)45-16-6-9-19-48(45)52-49-20-10-7-17-46(49)47-18-8-11-21-50(47)52/h1-34H. The first-order valence-electron chi connectivity index (χ1n) is 17.9. The number of hydrogen-bond donors (Lipinski definition) is 0. The van der Waals surface area contributed by atoms with Crippen LogP contribution in [0.3, 0.4) is 0 Å². The average molecular weight is 663 g/mol. The summed E-state index contributed by atoms with van der Waals surface area (Å²) in [6, 6.07) is 74.6. The van der Waals surface area contributed by atoms with Crippen molar-refractivity contribution in [3.05, 3.63) is 206 Å². The maximum absolute atomic E-state index is 2.41. The zero-order chi connectivity index (χ0) is 34.4. The molecule has 244 valence electrons. The molecule has 2 heteroatoms. The quantitative estimate of drug-likeness (QED) is 0.161. The Labute approximate surface area is 303 Å². The van der Waals surface area contributed by atoms with Crippen LogP contribution in [0.2, 0.25) is 0 Å². The lowest BCUT2D eigenvalue weighted by atomic mass is 9.98. The molecule has 0 saturated heterocycles. The molecule has 0 saturated carbocycles. The van der Waals surface area contributed by atoms with Crippen molar-refractivity contribution in [1.82, 2.24) is 4.57 Å². The fraction of sp³-hybridized carbons (Fsp3) is 0. The summed E-state index contributed by atoms with van der Waals surface area (Å²) >= 11 is 0. The molecule has 0 fully saturated rings. The van der Waals surface area contributed by atoms with E-state index in [1.165, 1.54) is 71.3 Å². The predicted octanol–water partition coefficient (Wildman–Crippen LogP) is 13.9. The summed E-state index contributed by atoms with van der Waals surface area (Å²) in [5, 5.41) is 7.58. The number of rotatable bonds is 6. The molecule has 0 bridgehead atoms. The summed E-state index contributed by atoms with van der Waals surface area (Å²) in [5.74, 6) is 0. The molecule has 1 aromatic heterocycles. The van der Waals surface area contributed by atoms with Crippen LogP contribution in [0, 0.1) is 0 Å². The molecule has 10 aromatic rings. The van der Waals surface area contributed by atoms with Gasteiger partial charge in [0.15, 0.2) is 0 Å². The highest BCUT2D eigenvalue weighted by atomic mass is 15.1. The Morgan fingerprint density at radius 1 is 0.308 bits per heavy atom. The van der Waals surface area contributed by atoms with Crippen LogP contribution in [-0.4, -0.2) is 4.57 Å². The van der Waals surface area contributed by atoms with Crippen LogP contribution in [0.15, 0.2) is 206 Å². The van der Waals surface area contributed by atoms with Crippen LogP contribution in [0.4, 0.5) is 17.1 Å². The Morgan fingerprint density at radius 2 is 0.808 bits per heavy atom.